The summed E-state index contributed by atoms with van der Waals surface area (Å²) in [6.07, 6.45) is 3.54. The van der Waals surface area contributed by atoms with E-state index in [9.17, 15) is 4.79 Å². The number of nitrogens with zero attached hydrogens (tertiary/aromatic N) is 3. The average molecular weight is 342 g/mol. The molecule has 1 saturated heterocycles. The number of nitrogen functional groups attached to an aromatic ring is 1. The molecular formula is C18H22N4O3. The summed E-state index contributed by atoms with van der Waals surface area (Å²) in [5, 5.41) is 9.11. The largest absolute Gasteiger partial charge is 0.481 e. The molecule has 0 unspecified atom stereocenters. The Hall–Kier alpha value is -2.83. The fourth-order valence-corrected chi connectivity index (χ4v) is 2.95. The quantitative estimate of drug-likeness (QED) is 0.861. The van der Waals surface area contributed by atoms with Gasteiger partial charge in [-0.1, -0.05) is 19.1 Å². The number of aryl methyl sites for hydroxylation is 1. The highest BCUT2D eigenvalue weighted by molar-refractivity contribution is 5.72. The van der Waals surface area contributed by atoms with Crippen molar-refractivity contribution in [2.75, 3.05) is 23.7 Å². The minimum absolute atomic E-state index is 0.299. The zero-order chi connectivity index (χ0) is 17.8. The van der Waals surface area contributed by atoms with Crippen LogP contribution in [0, 0.1) is 5.92 Å². The molecule has 2 aromatic rings. The second kappa shape index (κ2) is 7.38. The van der Waals surface area contributed by atoms with Crippen LogP contribution in [-0.4, -0.2) is 34.1 Å². The van der Waals surface area contributed by atoms with E-state index in [0.717, 1.165) is 6.42 Å². The Morgan fingerprint density at radius 3 is 2.56 bits per heavy atom. The number of carboxylic acids is 1. The molecule has 3 N–H and O–H groups in total. The molecule has 1 aromatic carbocycles. The number of benzene rings is 1. The van der Waals surface area contributed by atoms with Crippen LogP contribution in [0.15, 0.2) is 30.6 Å². The summed E-state index contributed by atoms with van der Waals surface area (Å²) in [5.74, 6) is 0.536. The fraction of sp³-hybridized carbons (Fsp3) is 0.389. The highest BCUT2D eigenvalue weighted by Gasteiger charge is 2.27. The van der Waals surface area contributed by atoms with Crippen LogP contribution in [0.1, 0.15) is 25.3 Å². The van der Waals surface area contributed by atoms with Gasteiger partial charge in [0.2, 0.25) is 5.88 Å². The molecule has 1 aliphatic rings. The van der Waals surface area contributed by atoms with Crippen LogP contribution < -0.4 is 15.4 Å². The van der Waals surface area contributed by atoms with E-state index in [1.54, 1.807) is 0 Å². The maximum atomic E-state index is 11.1. The lowest BCUT2D eigenvalue weighted by Crippen LogP contribution is -2.37. The molecule has 7 heteroatoms. The predicted molar refractivity (Wildman–Crippen MR) is 94.9 cm³/mol. The zero-order valence-corrected chi connectivity index (χ0v) is 14.2. The van der Waals surface area contributed by atoms with Crippen LogP contribution in [0.3, 0.4) is 0 Å². The van der Waals surface area contributed by atoms with E-state index < -0.39 is 5.97 Å². The maximum Gasteiger partial charge on any atom is 0.306 e. The first-order chi connectivity index (χ1) is 12.1. The van der Waals surface area contributed by atoms with E-state index in [-0.39, 0.29) is 5.92 Å². The van der Waals surface area contributed by atoms with Gasteiger partial charge in [-0.3, -0.25) is 4.79 Å². The molecule has 7 nitrogen and oxygen atoms in total. The van der Waals surface area contributed by atoms with Gasteiger partial charge >= 0.3 is 5.97 Å². The maximum absolute atomic E-state index is 11.1. The lowest BCUT2D eigenvalue weighted by Gasteiger charge is -2.31. The van der Waals surface area contributed by atoms with Crippen molar-refractivity contribution in [3.63, 3.8) is 0 Å². The van der Waals surface area contributed by atoms with Crippen LogP contribution in [0.25, 0.3) is 0 Å². The van der Waals surface area contributed by atoms with Gasteiger partial charge in [0.15, 0.2) is 5.82 Å². The third kappa shape index (κ3) is 3.81. The van der Waals surface area contributed by atoms with Gasteiger partial charge in [0, 0.05) is 13.1 Å². The van der Waals surface area contributed by atoms with Crippen LogP contribution in [0.2, 0.25) is 0 Å². The minimum Gasteiger partial charge on any atom is -0.481 e. The van der Waals surface area contributed by atoms with E-state index in [0.29, 0.717) is 49.1 Å². The number of aliphatic carboxylic acids is 1. The summed E-state index contributed by atoms with van der Waals surface area (Å²) in [7, 11) is 0. The lowest BCUT2D eigenvalue weighted by molar-refractivity contribution is -0.142. The van der Waals surface area contributed by atoms with Gasteiger partial charge in [-0.05, 0) is 37.0 Å². The summed E-state index contributed by atoms with van der Waals surface area (Å²) in [5.41, 5.74) is 7.80. The second-order valence-corrected chi connectivity index (χ2v) is 6.12. The molecule has 0 bridgehead atoms. The van der Waals surface area contributed by atoms with Gasteiger partial charge in [-0.2, -0.15) is 4.98 Å². The normalized spacial score (nSPS) is 15.2. The Morgan fingerprint density at radius 2 is 1.96 bits per heavy atom. The number of anilines is 2. The predicted octanol–water partition coefficient (Wildman–Crippen LogP) is 2.71. The van der Waals surface area contributed by atoms with E-state index in [2.05, 4.69) is 16.9 Å². The molecule has 1 fully saturated rings. The molecule has 132 valence electrons. The van der Waals surface area contributed by atoms with Crippen molar-refractivity contribution in [1.82, 2.24) is 9.97 Å². The van der Waals surface area contributed by atoms with E-state index in [4.69, 9.17) is 15.6 Å². The van der Waals surface area contributed by atoms with Gasteiger partial charge in [-0.25, -0.2) is 4.98 Å². The molecule has 25 heavy (non-hydrogen) atoms. The molecule has 3 rings (SSSR count). The van der Waals surface area contributed by atoms with Crippen molar-refractivity contribution < 1.29 is 14.6 Å². The molecule has 1 aliphatic heterocycles. The molecule has 0 amide bonds. The third-order valence-corrected chi connectivity index (χ3v) is 4.52. The average Bonchev–Trinajstić information content (AvgIpc) is 2.64. The highest BCUT2D eigenvalue weighted by atomic mass is 16.5. The van der Waals surface area contributed by atoms with Crippen molar-refractivity contribution >= 4 is 17.5 Å². The standard InChI is InChI=1S/C18H22N4O3/c1-2-12-3-5-14(6-4-12)25-17-15(19)16(20-11-21-17)22-9-7-13(8-10-22)18(23)24/h3-6,11,13H,2,7-10,19H2,1H3,(H,23,24). The summed E-state index contributed by atoms with van der Waals surface area (Å²) < 4.78 is 5.80. The van der Waals surface area contributed by atoms with Crippen LogP contribution >= 0.6 is 0 Å². The van der Waals surface area contributed by atoms with E-state index >= 15 is 0 Å². The Morgan fingerprint density at radius 1 is 1.28 bits per heavy atom. The summed E-state index contributed by atoms with van der Waals surface area (Å²) in [4.78, 5) is 21.5. The first-order valence-corrected chi connectivity index (χ1v) is 8.43. The lowest BCUT2D eigenvalue weighted by atomic mass is 9.97. The number of rotatable bonds is 5. The molecule has 0 saturated carbocycles. The molecule has 0 spiro atoms. The Labute approximate surface area is 146 Å². The Kier molecular flexibility index (Phi) is 5.02. The molecular weight excluding hydrogens is 320 g/mol. The Bertz CT molecular complexity index is 740. The molecule has 0 radical (unpaired) electrons. The Balaban J connectivity index is 1.74. The number of nitrogens with two attached hydrogens (primary N) is 1. The van der Waals surface area contributed by atoms with Crippen molar-refractivity contribution in [2.45, 2.75) is 26.2 Å². The SMILES string of the molecule is CCc1ccc(Oc2ncnc(N3CCC(C(=O)O)CC3)c2N)cc1. The van der Waals surface area contributed by atoms with Crippen LogP contribution in [0.5, 0.6) is 11.6 Å². The first-order valence-electron chi connectivity index (χ1n) is 8.43. The third-order valence-electron chi connectivity index (χ3n) is 4.52. The first kappa shape index (κ1) is 17.0. The van der Waals surface area contributed by atoms with Gasteiger partial charge in [0.25, 0.3) is 0 Å². The number of carbonyl (C=O) groups is 1. The monoisotopic (exact) mass is 342 g/mol. The van der Waals surface area contributed by atoms with Crippen molar-refractivity contribution in [3.8, 4) is 11.6 Å². The molecule has 2 heterocycles. The van der Waals surface area contributed by atoms with Crippen molar-refractivity contribution in [2.24, 2.45) is 5.92 Å². The van der Waals surface area contributed by atoms with Gasteiger partial charge in [0.1, 0.15) is 17.8 Å². The topological polar surface area (TPSA) is 102 Å². The van der Waals surface area contributed by atoms with Gasteiger partial charge in [-0.15, -0.1) is 0 Å². The molecule has 1 aromatic heterocycles. The van der Waals surface area contributed by atoms with E-state index in [1.165, 1.54) is 11.9 Å². The number of piperidine rings is 1. The van der Waals surface area contributed by atoms with Crippen molar-refractivity contribution in [3.05, 3.63) is 36.2 Å². The van der Waals surface area contributed by atoms with Crippen LogP contribution in [-0.2, 0) is 11.2 Å². The zero-order valence-electron chi connectivity index (χ0n) is 14.2. The summed E-state index contributed by atoms with van der Waals surface area (Å²) >= 11 is 0. The fourth-order valence-electron chi connectivity index (χ4n) is 2.95. The summed E-state index contributed by atoms with van der Waals surface area (Å²) in [6, 6.07) is 7.78. The number of carboxylic acid groups (broad SMARTS) is 1. The van der Waals surface area contributed by atoms with Crippen molar-refractivity contribution in [1.29, 1.82) is 0 Å². The van der Waals surface area contributed by atoms with E-state index in [1.807, 2.05) is 29.2 Å². The number of aromatic nitrogens is 2. The molecule has 0 atom stereocenters. The van der Waals surface area contributed by atoms with Gasteiger partial charge < -0.3 is 20.5 Å². The summed E-state index contributed by atoms with van der Waals surface area (Å²) in [6.45, 7) is 3.30. The number of hydrogen-bond donors (Lipinski definition) is 2. The highest BCUT2D eigenvalue weighted by Crippen LogP contribution is 2.33. The number of ether oxygens (including phenoxy) is 1. The number of hydrogen-bond acceptors (Lipinski definition) is 6. The molecule has 0 aliphatic carbocycles. The smallest absolute Gasteiger partial charge is 0.306 e. The second-order valence-electron chi connectivity index (χ2n) is 6.12. The van der Waals surface area contributed by atoms with Gasteiger partial charge in [0.05, 0.1) is 5.92 Å². The minimum atomic E-state index is -0.741. The van der Waals surface area contributed by atoms with Crippen LogP contribution in [0.4, 0.5) is 11.5 Å².